The van der Waals surface area contributed by atoms with E-state index in [0.717, 1.165) is 53.4 Å². The molecule has 0 bridgehead atoms. The summed E-state index contributed by atoms with van der Waals surface area (Å²) in [5.74, 6) is 1.17. The van der Waals surface area contributed by atoms with Gasteiger partial charge in [0.05, 0.1) is 16.2 Å². The molecule has 0 unspecified atom stereocenters. The van der Waals surface area contributed by atoms with Crippen molar-refractivity contribution in [2.45, 2.75) is 33.6 Å². The molecule has 0 aromatic carbocycles. The zero-order chi connectivity index (χ0) is 15.1. The number of carboxylic acids is 1. The maximum atomic E-state index is 11.2. The third-order valence-electron chi connectivity index (χ3n) is 4.15. The highest BCUT2D eigenvalue weighted by atomic mass is 32.1. The largest absolute Gasteiger partial charge is 0.544 e. The number of carboxylic acid groups (broad SMARTS) is 1. The summed E-state index contributed by atoms with van der Waals surface area (Å²) in [6.45, 7) is 7.86. The zero-order valence-corrected chi connectivity index (χ0v) is 13.3. The molecule has 0 spiro atoms. The molecule has 2 aromatic rings. The predicted octanol–water partition coefficient (Wildman–Crippen LogP) is 1.91. The summed E-state index contributed by atoms with van der Waals surface area (Å²) in [7, 11) is 0. The molecule has 1 aliphatic heterocycles. The summed E-state index contributed by atoms with van der Waals surface area (Å²) < 4.78 is 0. The van der Waals surface area contributed by atoms with Crippen LogP contribution in [-0.4, -0.2) is 29.0 Å². The fourth-order valence-corrected chi connectivity index (χ4v) is 3.92. The molecule has 0 aliphatic carbocycles. The van der Waals surface area contributed by atoms with Crippen LogP contribution in [0.3, 0.4) is 0 Å². The number of aromatic nitrogens is 2. The second-order valence-corrected chi connectivity index (χ2v) is 6.79. The molecule has 6 heteroatoms. The van der Waals surface area contributed by atoms with E-state index in [4.69, 9.17) is 0 Å². The number of hydrogen-bond donors (Lipinski definition) is 0. The normalized spacial score (nSPS) is 16.6. The Kier molecular flexibility index (Phi) is 3.57. The van der Waals surface area contributed by atoms with Crippen molar-refractivity contribution < 1.29 is 9.90 Å². The number of aromatic carboxylic acids is 1. The van der Waals surface area contributed by atoms with Gasteiger partial charge in [0.1, 0.15) is 16.5 Å². The molecule has 3 heterocycles. The number of nitrogens with zero attached hydrogens (tertiary/aromatic N) is 3. The van der Waals surface area contributed by atoms with Crippen LogP contribution in [0.4, 0.5) is 5.82 Å². The zero-order valence-electron chi connectivity index (χ0n) is 12.5. The first-order valence-electron chi connectivity index (χ1n) is 7.21. The Morgan fingerprint density at radius 3 is 2.57 bits per heavy atom. The summed E-state index contributed by atoms with van der Waals surface area (Å²) in [5, 5.41) is 12.1. The lowest BCUT2D eigenvalue weighted by Crippen LogP contribution is -2.33. The Morgan fingerprint density at radius 1 is 1.29 bits per heavy atom. The van der Waals surface area contributed by atoms with E-state index in [1.807, 2.05) is 13.8 Å². The molecule has 1 saturated heterocycles. The van der Waals surface area contributed by atoms with E-state index in [1.165, 1.54) is 11.3 Å². The van der Waals surface area contributed by atoms with Crippen molar-refractivity contribution >= 4 is 33.3 Å². The van der Waals surface area contributed by atoms with E-state index in [9.17, 15) is 9.90 Å². The number of carbonyl (C=O) groups is 1. The summed E-state index contributed by atoms with van der Waals surface area (Å²) in [4.78, 5) is 23.5. The molecule has 21 heavy (non-hydrogen) atoms. The van der Waals surface area contributed by atoms with E-state index in [0.29, 0.717) is 5.82 Å². The van der Waals surface area contributed by atoms with Gasteiger partial charge < -0.3 is 14.8 Å². The van der Waals surface area contributed by atoms with Crippen LogP contribution in [0.15, 0.2) is 0 Å². The van der Waals surface area contributed by atoms with Gasteiger partial charge in [-0.3, -0.25) is 0 Å². The maximum absolute atomic E-state index is 11.2. The van der Waals surface area contributed by atoms with Gasteiger partial charge in [-0.2, -0.15) is 0 Å². The molecular weight excluding hydrogens is 286 g/mol. The second-order valence-electron chi connectivity index (χ2n) is 5.79. The van der Waals surface area contributed by atoms with Gasteiger partial charge in [0, 0.05) is 13.1 Å². The molecule has 112 valence electrons. The fraction of sp³-hybridized carbons (Fsp3) is 0.533. The van der Waals surface area contributed by atoms with Gasteiger partial charge in [-0.1, -0.05) is 6.92 Å². The van der Waals surface area contributed by atoms with Gasteiger partial charge in [-0.05, 0) is 38.2 Å². The molecule has 2 aromatic heterocycles. The number of aryl methyl sites for hydroxylation is 2. The van der Waals surface area contributed by atoms with Crippen LogP contribution < -0.4 is 10.0 Å². The number of thiophene rings is 1. The molecule has 0 atom stereocenters. The number of fused-ring (bicyclic) bond motifs is 1. The molecule has 0 amide bonds. The topological polar surface area (TPSA) is 69.2 Å². The Balaban J connectivity index is 2.15. The minimum atomic E-state index is -1.13. The van der Waals surface area contributed by atoms with Crippen molar-refractivity contribution in [2.75, 3.05) is 18.0 Å². The maximum Gasteiger partial charge on any atom is 0.141 e. The molecule has 5 nitrogen and oxygen atoms in total. The first-order valence-corrected chi connectivity index (χ1v) is 8.03. The average Bonchev–Trinajstić information content (AvgIpc) is 2.76. The molecule has 3 rings (SSSR count). The van der Waals surface area contributed by atoms with Gasteiger partial charge in [-0.15, -0.1) is 11.3 Å². The fourth-order valence-electron chi connectivity index (χ4n) is 2.87. The van der Waals surface area contributed by atoms with Gasteiger partial charge in [-0.25, -0.2) is 9.97 Å². The molecule has 1 aliphatic rings. The van der Waals surface area contributed by atoms with Crippen LogP contribution in [0.1, 0.15) is 40.8 Å². The van der Waals surface area contributed by atoms with Crippen molar-refractivity contribution in [1.29, 1.82) is 0 Å². The Hall–Kier alpha value is -1.69. The summed E-state index contributed by atoms with van der Waals surface area (Å²) >= 11 is 1.19. The summed E-state index contributed by atoms with van der Waals surface area (Å²) in [6.07, 6.45) is 2.28. The van der Waals surface area contributed by atoms with E-state index in [2.05, 4.69) is 21.8 Å². The summed E-state index contributed by atoms with van der Waals surface area (Å²) in [5.41, 5.74) is 0.726. The minimum absolute atomic E-state index is 0.261. The molecule has 0 radical (unpaired) electrons. The van der Waals surface area contributed by atoms with Crippen molar-refractivity contribution in [2.24, 2.45) is 5.92 Å². The van der Waals surface area contributed by atoms with Crippen LogP contribution >= 0.6 is 11.3 Å². The number of hydrogen-bond acceptors (Lipinski definition) is 6. The number of carbonyl (C=O) groups excluding carboxylic acids is 1. The van der Waals surface area contributed by atoms with Crippen LogP contribution in [0.5, 0.6) is 0 Å². The van der Waals surface area contributed by atoms with Gasteiger partial charge in [0.2, 0.25) is 0 Å². The highest BCUT2D eigenvalue weighted by Crippen LogP contribution is 2.36. The van der Waals surface area contributed by atoms with Crippen molar-refractivity contribution in [3.05, 3.63) is 16.3 Å². The number of piperidine rings is 1. The first kappa shape index (κ1) is 14.3. The Morgan fingerprint density at radius 2 is 1.95 bits per heavy atom. The van der Waals surface area contributed by atoms with E-state index >= 15 is 0 Å². The van der Waals surface area contributed by atoms with Crippen molar-refractivity contribution in [1.82, 2.24) is 9.97 Å². The molecule has 1 fully saturated rings. The average molecular weight is 304 g/mol. The van der Waals surface area contributed by atoms with Crippen LogP contribution in [-0.2, 0) is 0 Å². The van der Waals surface area contributed by atoms with Crippen LogP contribution in [0, 0.1) is 19.8 Å². The quantitative estimate of drug-likeness (QED) is 0.847. The lowest BCUT2D eigenvalue weighted by atomic mass is 9.99. The smallest absolute Gasteiger partial charge is 0.141 e. The Labute approximate surface area is 127 Å². The third-order valence-corrected chi connectivity index (χ3v) is 5.32. The lowest BCUT2D eigenvalue weighted by molar-refractivity contribution is -0.254. The SMILES string of the molecule is Cc1nc(N2CCC(C)CC2)c2c(C)c(C(=O)[O-])sc2n1. The molecule has 0 N–H and O–H groups in total. The van der Waals surface area contributed by atoms with Crippen LogP contribution in [0.2, 0.25) is 0 Å². The van der Waals surface area contributed by atoms with E-state index in [-0.39, 0.29) is 4.88 Å². The van der Waals surface area contributed by atoms with Gasteiger partial charge in [0.15, 0.2) is 0 Å². The Bertz CT molecular complexity index is 702. The van der Waals surface area contributed by atoms with Crippen LogP contribution in [0.25, 0.3) is 10.2 Å². The minimum Gasteiger partial charge on any atom is -0.544 e. The second kappa shape index (κ2) is 5.26. The van der Waals surface area contributed by atoms with E-state index in [1.54, 1.807) is 0 Å². The lowest BCUT2D eigenvalue weighted by Gasteiger charge is -2.31. The highest BCUT2D eigenvalue weighted by molar-refractivity contribution is 7.20. The van der Waals surface area contributed by atoms with Gasteiger partial charge in [0.25, 0.3) is 0 Å². The number of rotatable bonds is 2. The monoisotopic (exact) mass is 304 g/mol. The predicted molar refractivity (Wildman–Crippen MR) is 81.8 cm³/mol. The first-order chi connectivity index (χ1) is 9.97. The molecule has 0 saturated carbocycles. The molecular formula is C15H18N3O2S-. The summed E-state index contributed by atoms with van der Waals surface area (Å²) in [6, 6.07) is 0. The van der Waals surface area contributed by atoms with E-state index < -0.39 is 5.97 Å². The highest BCUT2D eigenvalue weighted by Gasteiger charge is 2.23. The number of anilines is 1. The van der Waals surface area contributed by atoms with Crippen molar-refractivity contribution in [3.63, 3.8) is 0 Å². The third kappa shape index (κ3) is 2.48. The standard InChI is InChI=1S/C15H19N3O2S/c1-8-4-6-18(7-5-8)13-11-9(2)12(15(19)20)21-14(11)17-10(3)16-13/h8H,4-7H2,1-3H3,(H,19,20)/p-1. The van der Waals surface area contributed by atoms with Gasteiger partial charge >= 0.3 is 0 Å². The van der Waals surface area contributed by atoms with Crippen molar-refractivity contribution in [3.8, 4) is 0 Å².